The number of ether oxygens (including phenoxy) is 2. The largest absolute Gasteiger partial charge is 0.447 e. The van der Waals surface area contributed by atoms with Crippen LogP contribution in [0.3, 0.4) is 0 Å². The van der Waals surface area contributed by atoms with Gasteiger partial charge in [0.1, 0.15) is 6.10 Å². The van der Waals surface area contributed by atoms with Crippen molar-refractivity contribution >= 4 is 29.1 Å². The van der Waals surface area contributed by atoms with Crippen molar-refractivity contribution in [1.82, 2.24) is 0 Å². The van der Waals surface area contributed by atoms with Crippen LogP contribution in [0.4, 0.5) is 0 Å². The molecule has 1 saturated carbocycles. The fraction of sp³-hybridized carbons (Fsp3) is 0.500. The second-order valence-electron chi connectivity index (χ2n) is 7.76. The van der Waals surface area contributed by atoms with E-state index < -0.39 is 28.6 Å². The van der Waals surface area contributed by atoms with E-state index in [9.17, 15) is 15.8 Å². The molecule has 0 spiro atoms. The van der Waals surface area contributed by atoms with Crippen molar-refractivity contribution in [2.75, 3.05) is 0 Å². The molecular formula is C20H16Cl2N4O2. The number of benzene rings is 1. The number of hydrogen-bond acceptors (Lipinski definition) is 6. The maximum Gasteiger partial charge on any atom is 0.217 e. The molecule has 1 aliphatic carbocycles. The molecule has 2 heterocycles. The summed E-state index contributed by atoms with van der Waals surface area (Å²) in [4.78, 5) is 0. The second-order valence-corrected chi connectivity index (χ2v) is 8.57. The summed E-state index contributed by atoms with van der Waals surface area (Å²) >= 11 is 12.8. The van der Waals surface area contributed by atoms with Crippen LogP contribution >= 0.6 is 23.2 Å². The molecular weight excluding hydrogens is 399 g/mol. The van der Waals surface area contributed by atoms with Crippen molar-refractivity contribution < 1.29 is 9.47 Å². The van der Waals surface area contributed by atoms with Crippen molar-refractivity contribution in [2.24, 2.45) is 22.7 Å². The highest BCUT2D eigenvalue weighted by atomic mass is 35.5. The van der Waals surface area contributed by atoms with Gasteiger partial charge in [0.15, 0.2) is 5.41 Å². The zero-order chi connectivity index (χ0) is 20.3. The topological polar surface area (TPSA) is 114 Å². The molecule has 2 aliphatic heterocycles. The Morgan fingerprint density at radius 2 is 1.79 bits per heavy atom. The minimum absolute atomic E-state index is 0.227. The van der Waals surface area contributed by atoms with Crippen molar-refractivity contribution in [3.63, 3.8) is 0 Å². The number of rotatable bonds is 1. The zero-order valence-corrected chi connectivity index (χ0v) is 16.5. The molecule has 1 N–H and O–H groups in total. The van der Waals surface area contributed by atoms with Gasteiger partial charge in [-0.15, -0.1) is 0 Å². The Bertz CT molecular complexity index is 973. The lowest BCUT2D eigenvalue weighted by Crippen LogP contribution is -2.61. The third-order valence-electron chi connectivity index (χ3n) is 6.43. The molecule has 3 aliphatic rings. The summed E-state index contributed by atoms with van der Waals surface area (Å²) < 4.78 is 12.2. The first-order valence-corrected chi connectivity index (χ1v) is 9.71. The maximum atomic E-state index is 10.3. The zero-order valence-electron chi connectivity index (χ0n) is 15.0. The highest BCUT2D eigenvalue weighted by Crippen LogP contribution is 2.70. The van der Waals surface area contributed by atoms with E-state index in [0.717, 1.165) is 6.42 Å². The van der Waals surface area contributed by atoms with Crippen LogP contribution in [-0.2, 0) is 9.47 Å². The van der Waals surface area contributed by atoms with Gasteiger partial charge in [0.2, 0.25) is 17.1 Å². The third-order valence-corrected chi connectivity index (χ3v) is 7.09. The normalized spacial score (nSPS) is 37.7. The first kappa shape index (κ1) is 19.0. The van der Waals surface area contributed by atoms with Crippen LogP contribution in [0, 0.1) is 62.1 Å². The van der Waals surface area contributed by atoms with Gasteiger partial charge in [-0.05, 0) is 30.9 Å². The molecule has 6 nitrogen and oxygen atoms in total. The average Bonchev–Trinajstić information content (AvgIpc) is 2.86. The quantitative estimate of drug-likeness (QED) is 0.711. The number of nitriles is 3. The van der Waals surface area contributed by atoms with Gasteiger partial charge < -0.3 is 9.47 Å². The van der Waals surface area contributed by atoms with Crippen molar-refractivity contribution in [2.45, 2.75) is 38.1 Å². The molecule has 8 heteroatoms. The van der Waals surface area contributed by atoms with Gasteiger partial charge in [-0.1, -0.05) is 36.2 Å². The van der Waals surface area contributed by atoms with Crippen molar-refractivity contribution in [1.29, 1.82) is 21.2 Å². The van der Waals surface area contributed by atoms with Gasteiger partial charge in [-0.25, -0.2) is 0 Å². The second kappa shape index (κ2) is 6.10. The molecule has 28 heavy (non-hydrogen) atoms. The molecule has 0 aromatic heterocycles. The van der Waals surface area contributed by atoms with Gasteiger partial charge in [0.05, 0.1) is 24.1 Å². The predicted molar refractivity (Wildman–Crippen MR) is 100 cm³/mol. The molecule has 1 aromatic carbocycles. The smallest absolute Gasteiger partial charge is 0.217 e. The highest BCUT2D eigenvalue weighted by Gasteiger charge is 2.81. The fourth-order valence-corrected chi connectivity index (χ4v) is 5.64. The molecule has 5 atom stereocenters. The van der Waals surface area contributed by atoms with Crippen LogP contribution in [0.2, 0.25) is 10.0 Å². The minimum atomic E-state index is -2.03. The van der Waals surface area contributed by atoms with E-state index in [1.165, 1.54) is 0 Å². The van der Waals surface area contributed by atoms with E-state index in [-0.39, 0.29) is 27.4 Å². The standard InChI is InChI=1S/C20H16Cl2N4O2/c1-11-5-6-20-14(7-11)19(10-25,17(26)28-20)18(8-23,9-24)16(27-20)15-12(21)3-2-4-13(15)22/h2-4,11,14,16,26H,5-7H2,1H3. The summed E-state index contributed by atoms with van der Waals surface area (Å²) in [5, 5.41) is 39.6. The Kier molecular flexibility index (Phi) is 4.15. The molecule has 1 aromatic rings. The number of nitrogens with one attached hydrogen (secondary N) is 1. The van der Waals surface area contributed by atoms with Crippen LogP contribution in [0.5, 0.6) is 0 Å². The number of halogens is 2. The van der Waals surface area contributed by atoms with Gasteiger partial charge in [-0.2, -0.15) is 15.8 Å². The predicted octanol–water partition coefficient (Wildman–Crippen LogP) is 4.75. The molecule has 2 bridgehead atoms. The first-order valence-electron chi connectivity index (χ1n) is 8.95. The van der Waals surface area contributed by atoms with Crippen LogP contribution in [0.15, 0.2) is 18.2 Å². The van der Waals surface area contributed by atoms with E-state index in [2.05, 4.69) is 6.07 Å². The molecule has 5 unspecified atom stereocenters. The molecule has 4 rings (SSSR count). The summed E-state index contributed by atoms with van der Waals surface area (Å²) in [6, 6.07) is 11.0. The lowest BCUT2D eigenvalue weighted by Gasteiger charge is -2.52. The van der Waals surface area contributed by atoms with Gasteiger partial charge in [0, 0.05) is 22.0 Å². The summed E-state index contributed by atoms with van der Waals surface area (Å²) in [7, 11) is 0. The average molecular weight is 415 g/mol. The molecule has 0 amide bonds. The van der Waals surface area contributed by atoms with E-state index >= 15 is 0 Å². The Morgan fingerprint density at radius 3 is 2.36 bits per heavy atom. The maximum absolute atomic E-state index is 10.3. The number of hydrogen-bond donors (Lipinski definition) is 1. The lowest BCUT2D eigenvalue weighted by molar-refractivity contribution is -0.298. The highest BCUT2D eigenvalue weighted by molar-refractivity contribution is 6.36. The monoisotopic (exact) mass is 414 g/mol. The summed E-state index contributed by atoms with van der Waals surface area (Å²) in [6.45, 7) is 2.04. The minimum Gasteiger partial charge on any atom is -0.447 e. The Morgan fingerprint density at radius 1 is 1.14 bits per heavy atom. The SMILES string of the molecule is CC1CCC23OC(=N)C(C#N)(C2C1)C(C#N)(C#N)C(c1c(Cl)cccc1Cl)O3. The van der Waals surface area contributed by atoms with Gasteiger partial charge in [-0.3, -0.25) is 5.41 Å². The number of nitrogens with zero attached hydrogens (tertiary/aromatic N) is 3. The van der Waals surface area contributed by atoms with Crippen LogP contribution in [0.25, 0.3) is 0 Å². The van der Waals surface area contributed by atoms with E-state index in [1.807, 2.05) is 19.1 Å². The molecule has 3 fully saturated rings. The van der Waals surface area contributed by atoms with E-state index in [1.54, 1.807) is 18.2 Å². The Balaban J connectivity index is 2.05. The van der Waals surface area contributed by atoms with Gasteiger partial charge in [0.25, 0.3) is 0 Å². The molecule has 2 saturated heterocycles. The van der Waals surface area contributed by atoms with Gasteiger partial charge >= 0.3 is 0 Å². The third kappa shape index (κ3) is 2.02. The van der Waals surface area contributed by atoms with Crippen molar-refractivity contribution in [3.05, 3.63) is 33.8 Å². The van der Waals surface area contributed by atoms with Crippen molar-refractivity contribution in [3.8, 4) is 18.2 Å². The van der Waals surface area contributed by atoms with Crippen LogP contribution in [-0.4, -0.2) is 11.7 Å². The fourth-order valence-electron chi connectivity index (χ4n) is 5.05. The van der Waals surface area contributed by atoms with E-state index in [0.29, 0.717) is 12.8 Å². The van der Waals surface area contributed by atoms with E-state index in [4.69, 9.17) is 38.1 Å². The molecule has 0 radical (unpaired) electrons. The lowest BCUT2D eigenvalue weighted by atomic mass is 9.50. The Labute approximate surface area is 172 Å². The summed E-state index contributed by atoms with van der Waals surface area (Å²) in [5.41, 5.74) is -3.53. The van der Waals surface area contributed by atoms with Crippen LogP contribution in [0.1, 0.15) is 37.9 Å². The first-order chi connectivity index (χ1) is 13.3. The summed E-state index contributed by atoms with van der Waals surface area (Å²) in [5.74, 6) is -1.98. The summed E-state index contributed by atoms with van der Waals surface area (Å²) in [6.07, 6.45) is 0.524. The Hall–Kier alpha value is -2.30. The van der Waals surface area contributed by atoms with Crippen LogP contribution < -0.4 is 0 Å². The molecule has 142 valence electrons.